The van der Waals surface area contributed by atoms with Crippen molar-refractivity contribution < 1.29 is 4.42 Å². The van der Waals surface area contributed by atoms with Gasteiger partial charge in [0.1, 0.15) is 5.76 Å². The Morgan fingerprint density at radius 1 is 1.15 bits per heavy atom. The molecule has 4 nitrogen and oxygen atoms in total. The summed E-state index contributed by atoms with van der Waals surface area (Å²) in [6.07, 6.45) is 7.03. The second kappa shape index (κ2) is 14.0. The molecule has 1 aromatic carbocycles. The first-order chi connectivity index (χ1) is 12.3. The van der Waals surface area contributed by atoms with Gasteiger partial charge in [-0.05, 0) is 49.5 Å². The number of furan rings is 1. The number of unbranched alkanes of at least 4 members (excludes halogenated alkanes) is 1. The molecule has 2 aromatic rings. The van der Waals surface area contributed by atoms with Gasteiger partial charge >= 0.3 is 0 Å². The second-order valence-corrected chi connectivity index (χ2v) is 6.95. The van der Waals surface area contributed by atoms with Gasteiger partial charge in [0.2, 0.25) is 0 Å². The highest BCUT2D eigenvalue weighted by Gasteiger charge is 2.07. The highest BCUT2D eigenvalue weighted by atomic mass is 127. The van der Waals surface area contributed by atoms with Gasteiger partial charge in [-0.25, -0.2) is 0 Å². The van der Waals surface area contributed by atoms with Gasteiger partial charge < -0.3 is 15.1 Å². The maximum atomic E-state index is 5.39. The number of halogens is 1. The molecule has 1 unspecified atom stereocenters. The minimum absolute atomic E-state index is 0. The van der Waals surface area contributed by atoms with Gasteiger partial charge in [-0.3, -0.25) is 4.99 Å². The zero-order valence-corrected chi connectivity index (χ0v) is 18.8. The molecule has 2 rings (SSSR count). The maximum Gasteiger partial charge on any atom is 0.191 e. The van der Waals surface area contributed by atoms with E-state index in [1.165, 1.54) is 17.7 Å². The average molecular weight is 487 g/mol. The molecular weight excluding hydrogens is 457 g/mol. The Kier molecular flexibility index (Phi) is 12.3. The number of hydrogen-bond donors (Lipinski definition) is 2. The third-order valence-electron chi connectivity index (χ3n) is 3.92. The van der Waals surface area contributed by atoms with E-state index in [1.807, 2.05) is 30.0 Å². The molecule has 1 atom stereocenters. The van der Waals surface area contributed by atoms with Crippen LogP contribution in [-0.4, -0.2) is 31.1 Å². The number of nitrogens with one attached hydrogen (secondary N) is 2. The minimum atomic E-state index is 0. The fourth-order valence-corrected chi connectivity index (χ4v) is 2.98. The summed E-state index contributed by atoms with van der Waals surface area (Å²) < 4.78 is 5.39. The van der Waals surface area contributed by atoms with Crippen molar-refractivity contribution in [3.63, 3.8) is 0 Å². The minimum Gasteiger partial charge on any atom is -0.469 e. The molecule has 144 valence electrons. The zero-order chi connectivity index (χ0) is 17.7. The summed E-state index contributed by atoms with van der Waals surface area (Å²) in [5, 5.41) is 6.93. The Morgan fingerprint density at radius 2 is 1.96 bits per heavy atom. The van der Waals surface area contributed by atoms with Crippen LogP contribution in [0.2, 0.25) is 0 Å². The van der Waals surface area contributed by atoms with Crippen LogP contribution < -0.4 is 10.6 Å². The predicted molar refractivity (Wildman–Crippen MR) is 124 cm³/mol. The van der Waals surface area contributed by atoms with Crippen LogP contribution in [0.4, 0.5) is 0 Å². The Bertz CT molecular complexity index is 605. The van der Waals surface area contributed by atoms with Crippen LogP contribution in [0, 0.1) is 0 Å². The molecule has 0 radical (unpaired) electrons. The van der Waals surface area contributed by atoms with Crippen molar-refractivity contribution in [3.8, 4) is 0 Å². The lowest BCUT2D eigenvalue weighted by atomic mass is 10.1. The Hall–Kier alpha value is -1.15. The molecule has 6 heteroatoms. The van der Waals surface area contributed by atoms with Crippen molar-refractivity contribution in [2.45, 2.75) is 32.2 Å². The molecule has 1 heterocycles. The summed E-state index contributed by atoms with van der Waals surface area (Å²) >= 11 is 1.89. The topological polar surface area (TPSA) is 49.6 Å². The van der Waals surface area contributed by atoms with Crippen molar-refractivity contribution in [2.24, 2.45) is 4.99 Å². The number of guanidine groups is 1. The third kappa shape index (κ3) is 8.98. The molecule has 2 N–H and O–H groups in total. The summed E-state index contributed by atoms with van der Waals surface area (Å²) in [4.78, 5) is 4.73. The number of hydrogen-bond acceptors (Lipinski definition) is 3. The summed E-state index contributed by atoms with van der Waals surface area (Å²) in [7, 11) is 0. The van der Waals surface area contributed by atoms with E-state index in [0.29, 0.717) is 0 Å². The fraction of sp³-hybridized carbons (Fsp3) is 0.450. The third-order valence-corrected chi connectivity index (χ3v) is 4.62. The van der Waals surface area contributed by atoms with Crippen LogP contribution in [0.15, 0.2) is 58.1 Å². The quantitative estimate of drug-likeness (QED) is 0.217. The molecule has 26 heavy (non-hydrogen) atoms. The van der Waals surface area contributed by atoms with Crippen LogP contribution in [0.1, 0.15) is 37.1 Å². The average Bonchev–Trinajstić information content (AvgIpc) is 3.15. The van der Waals surface area contributed by atoms with E-state index in [2.05, 4.69) is 48.1 Å². The first kappa shape index (κ1) is 22.9. The Balaban J connectivity index is 0.00000338. The molecular formula is C20H30IN3OS. The van der Waals surface area contributed by atoms with Gasteiger partial charge in [0.25, 0.3) is 0 Å². The molecule has 1 aromatic heterocycles. The van der Waals surface area contributed by atoms with Gasteiger partial charge in [0.05, 0.1) is 12.3 Å². The summed E-state index contributed by atoms with van der Waals surface area (Å²) in [6.45, 7) is 3.80. The molecule has 0 saturated carbocycles. The molecule has 0 spiro atoms. The van der Waals surface area contributed by atoms with Crippen LogP contribution in [-0.2, 0) is 6.42 Å². The number of thioether (sulfide) groups is 1. The smallest absolute Gasteiger partial charge is 0.191 e. The first-order valence-electron chi connectivity index (χ1n) is 8.90. The summed E-state index contributed by atoms with van der Waals surface area (Å²) in [6, 6.07) is 14.6. The van der Waals surface area contributed by atoms with Crippen molar-refractivity contribution >= 4 is 41.7 Å². The van der Waals surface area contributed by atoms with Gasteiger partial charge in [-0.1, -0.05) is 30.3 Å². The molecule has 0 amide bonds. The fourth-order valence-electron chi connectivity index (χ4n) is 2.49. The molecule has 0 aliphatic rings. The van der Waals surface area contributed by atoms with Gasteiger partial charge in [-0.15, -0.1) is 24.0 Å². The highest BCUT2D eigenvalue weighted by molar-refractivity contribution is 14.0. The number of aliphatic imine (C=N–C) groups is 1. The van der Waals surface area contributed by atoms with E-state index in [-0.39, 0.29) is 30.0 Å². The maximum absolute atomic E-state index is 5.39. The monoisotopic (exact) mass is 487 g/mol. The zero-order valence-electron chi connectivity index (χ0n) is 15.6. The largest absolute Gasteiger partial charge is 0.469 e. The van der Waals surface area contributed by atoms with Crippen molar-refractivity contribution in [1.29, 1.82) is 0 Å². The van der Waals surface area contributed by atoms with E-state index in [1.54, 1.807) is 6.26 Å². The number of nitrogens with zero attached hydrogens (tertiary/aromatic N) is 1. The van der Waals surface area contributed by atoms with E-state index in [9.17, 15) is 0 Å². The van der Waals surface area contributed by atoms with Crippen molar-refractivity contribution in [2.75, 3.05) is 25.1 Å². The highest BCUT2D eigenvalue weighted by Crippen LogP contribution is 2.11. The van der Waals surface area contributed by atoms with Crippen LogP contribution in [0.25, 0.3) is 0 Å². The number of rotatable bonds is 10. The standard InChI is InChI=1S/C20H29N3OS.HI/c1-17(18-9-4-3-5-10-18)23-20(21-13-6-7-16-25-2)22-14-12-19-11-8-15-24-19;/h3-5,8-11,15,17H,6-7,12-14,16H2,1-2H3,(H2,21,22,23);1H. The van der Waals surface area contributed by atoms with Gasteiger partial charge in [-0.2, -0.15) is 11.8 Å². The second-order valence-electron chi connectivity index (χ2n) is 5.96. The van der Waals surface area contributed by atoms with E-state index < -0.39 is 0 Å². The summed E-state index contributed by atoms with van der Waals surface area (Å²) in [5.74, 6) is 3.06. The van der Waals surface area contributed by atoms with E-state index in [4.69, 9.17) is 9.41 Å². The molecule has 0 aliphatic carbocycles. The lowest BCUT2D eigenvalue weighted by Gasteiger charge is -2.18. The molecule has 0 bridgehead atoms. The van der Waals surface area contributed by atoms with Crippen LogP contribution in [0.5, 0.6) is 0 Å². The van der Waals surface area contributed by atoms with Crippen LogP contribution in [0.3, 0.4) is 0 Å². The van der Waals surface area contributed by atoms with Gasteiger partial charge in [0, 0.05) is 19.5 Å². The normalized spacial score (nSPS) is 12.3. The Morgan fingerprint density at radius 3 is 2.65 bits per heavy atom. The number of benzene rings is 1. The predicted octanol–water partition coefficient (Wildman–Crippen LogP) is 4.88. The summed E-state index contributed by atoms with van der Waals surface area (Å²) in [5.41, 5.74) is 1.26. The lowest BCUT2D eigenvalue weighted by Crippen LogP contribution is -2.39. The molecule has 0 aliphatic heterocycles. The SMILES string of the molecule is CSCCCCN=C(NCCc1ccco1)NC(C)c1ccccc1.I. The van der Waals surface area contributed by atoms with Crippen molar-refractivity contribution in [1.82, 2.24) is 10.6 Å². The molecule has 0 saturated heterocycles. The van der Waals surface area contributed by atoms with Crippen molar-refractivity contribution in [3.05, 3.63) is 60.1 Å². The van der Waals surface area contributed by atoms with E-state index in [0.717, 1.165) is 37.7 Å². The van der Waals surface area contributed by atoms with Crippen LogP contribution >= 0.6 is 35.7 Å². The Labute approximate surface area is 178 Å². The van der Waals surface area contributed by atoms with E-state index >= 15 is 0 Å². The van der Waals surface area contributed by atoms with Gasteiger partial charge in [0.15, 0.2) is 5.96 Å². The lowest BCUT2D eigenvalue weighted by molar-refractivity contribution is 0.506. The first-order valence-corrected chi connectivity index (χ1v) is 10.3. The molecule has 0 fully saturated rings.